The standard InChI is InChI=1S/C12H10FNO2/c13-6-1-2-11-8(3-6)10(5-14-11)7-4-9(7)12(15)16/h1-3,5,7,9,14H,4H2,(H,15,16). The zero-order valence-corrected chi connectivity index (χ0v) is 8.40. The summed E-state index contributed by atoms with van der Waals surface area (Å²) in [5, 5.41) is 9.66. The number of aliphatic carboxylic acids is 1. The quantitative estimate of drug-likeness (QED) is 0.815. The summed E-state index contributed by atoms with van der Waals surface area (Å²) >= 11 is 0. The maximum absolute atomic E-state index is 13.1. The van der Waals surface area contributed by atoms with Crippen LogP contribution in [0.4, 0.5) is 4.39 Å². The van der Waals surface area contributed by atoms with Crippen molar-refractivity contribution in [3.8, 4) is 0 Å². The summed E-state index contributed by atoms with van der Waals surface area (Å²) in [6, 6.07) is 4.52. The van der Waals surface area contributed by atoms with E-state index in [1.54, 1.807) is 12.3 Å². The first-order valence-corrected chi connectivity index (χ1v) is 5.16. The molecule has 3 nitrogen and oxygen atoms in total. The molecule has 0 amide bonds. The Labute approximate surface area is 90.9 Å². The molecular formula is C12H10FNO2. The van der Waals surface area contributed by atoms with E-state index in [4.69, 9.17) is 5.11 Å². The van der Waals surface area contributed by atoms with Crippen LogP contribution in [0.5, 0.6) is 0 Å². The minimum absolute atomic E-state index is 0.0352. The van der Waals surface area contributed by atoms with Gasteiger partial charge in [0.25, 0.3) is 0 Å². The smallest absolute Gasteiger partial charge is 0.307 e. The second-order valence-electron chi connectivity index (χ2n) is 4.22. The van der Waals surface area contributed by atoms with E-state index < -0.39 is 5.97 Å². The molecule has 0 radical (unpaired) electrons. The van der Waals surface area contributed by atoms with E-state index >= 15 is 0 Å². The first-order valence-electron chi connectivity index (χ1n) is 5.16. The lowest BCUT2D eigenvalue weighted by atomic mass is 10.1. The molecule has 2 aromatic rings. The molecule has 0 spiro atoms. The lowest BCUT2D eigenvalue weighted by Crippen LogP contribution is -1.98. The van der Waals surface area contributed by atoms with Gasteiger partial charge in [-0.2, -0.15) is 0 Å². The van der Waals surface area contributed by atoms with Crippen LogP contribution in [0, 0.1) is 11.7 Å². The van der Waals surface area contributed by atoms with Crippen LogP contribution in [-0.4, -0.2) is 16.1 Å². The Balaban J connectivity index is 2.05. The molecule has 1 aromatic carbocycles. The van der Waals surface area contributed by atoms with Gasteiger partial charge in [-0.3, -0.25) is 4.79 Å². The molecule has 0 saturated heterocycles. The molecule has 1 fully saturated rings. The zero-order chi connectivity index (χ0) is 11.3. The van der Waals surface area contributed by atoms with Crippen molar-refractivity contribution in [2.75, 3.05) is 0 Å². The highest BCUT2D eigenvalue weighted by Crippen LogP contribution is 2.49. The van der Waals surface area contributed by atoms with Crippen molar-refractivity contribution >= 4 is 16.9 Å². The minimum atomic E-state index is -0.768. The first-order chi connectivity index (χ1) is 7.66. The summed E-state index contributed by atoms with van der Waals surface area (Å²) in [4.78, 5) is 13.8. The van der Waals surface area contributed by atoms with Crippen molar-refractivity contribution in [2.24, 2.45) is 5.92 Å². The lowest BCUT2D eigenvalue weighted by Gasteiger charge is -1.96. The van der Waals surface area contributed by atoms with Gasteiger partial charge < -0.3 is 10.1 Å². The Morgan fingerprint density at radius 1 is 1.50 bits per heavy atom. The molecule has 82 valence electrons. The van der Waals surface area contributed by atoms with Crippen LogP contribution in [0.25, 0.3) is 10.9 Å². The second-order valence-corrected chi connectivity index (χ2v) is 4.22. The zero-order valence-electron chi connectivity index (χ0n) is 8.40. The average Bonchev–Trinajstić information content (AvgIpc) is 2.93. The number of benzene rings is 1. The molecule has 1 saturated carbocycles. The number of carboxylic acid groups (broad SMARTS) is 1. The maximum atomic E-state index is 13.1. The van der Waals surface area contributed by atoms with Gasteiger partial charge in [0.1, 0.15) is 5.82 Å². The lowest BCUT2D eigenvalue weighted by molar-refractivity contribution is -0.138. The van der Waals surface area contributed by atoms with Crippen LogP contribution in [0.3, 0.4) is 0 Å². The van der Waals surface area contributed by atoms with Crippen molar-refractivity contribution in [1.29, 1.82) is 0 Å². The Bertz CT molecular complexity index is 575. The van der Waals surface area contributed by atoms with E-state index in [9.17, 15) is 9.18 Å². The van der Waals surface area contributed by atoms with E-state index in [0.717, 1.165) is 16.5 Å². The number of H-pyrrole nitrogens is 1. The predicted octanol–water partition coefficient (Wildman–Crippen LogP) is 2.50. The third-order valence-electron chi connectivity index (χ3n) is 3.18. The van der Waals surface area contributed by atoms with Gasteiger partial charge in [-0.15, -0.1) is 0 Å². The largest absolute Gasteiger partial charge is 0.481 e. The predicted molar refractivity (Wildman–Crippen MR) is 56.7 cm³/mol. The minimum Gasteiger partial charge on any atom is -0.481 e. The highest BCUT2D eigenvalue weighted by molar-refractivity contribution is 5.86. The highest BCUT2D eigenvalue weighted by Gasteiger charge is 2.45. The Morgan fingerprint density at radius 2 is 2.31 bits per heavy atom. The van der Waals surface area contributed by atoms with Gasteiger partial charge in [0, 0.05) is 23.0 Å². The monoisotopic (exact) mass is 219 g/mol. The van der Waals surface area contributed by atoms with Gasteiger partial charge in [0.15, 0.2) is 0 Å². The number of hydrogen-bond acceptors (Lipinski definition) is 1. The number of nitrogens with one attached hydrogen (secondary N) is 1. The molecule has 2 unspecified atom stereocenters. The summed E-state index contributed by atoms with van der Waals surface area (Å²) in [7, 11) is 0. The van der Waals surface area contributed by atoms with Crippen LogP contribution >= 0.6 is 0 Å². The SMILES string of the molecule is O=C(O)C1CC1c1c[nH]c2ccc(F)cc12. The van der Waals surface area contributed by atoms with Crippen molar-refractivity contribution in [2.45, 2.75) is 12.3 Å². The second kappa shape index (κ2) is 3.07. The van der Waals surface area contributed by atoms with E-state index in [-0.39, 0.29) is 17.7 Å². The normalized spacial score (nSPS) is 23.6. The molecule has 1 aliphatic rings. The van der Waals surface area contributed by atoms with Gasteiger partial charge in [0.2, 0.25) is 0 Å². The number of hydrogen-bond donors (Lipinski definition) is 2. The number of aromatic amines is 1. The van der Waals surface area contributed by atoms with Crippen LogP contribution in [0.1, 0.15) is 17.9 Å². The molecule has 2 atom stereocenters. The Morgan fingerprint density at radius 3 is 3.00 bits per heavy atom. The van der Waals surface area contributed by atoms with E-state index in [2.05, 4.69) is 4.98 Å². The van der Waals surface area contributed by atoms with E-state index in [1.807, 2.05) is 0 Å². The molecular weight excluding hydrogens is 209 g/mol. The highest BCUT2D eigenvalue weighted by atomic mass is 19.1. The molecule has 0 aliphatic heterocycles. The fourth-order valence-electron chi connectivity index (χ4n) is 2.23. The summed E-state index contributed by atoms with van der Waals surface area (Å²) < 4.78 is 13.1. The van der Waals surface area contributed by atoms with Gasteiger partial charge in [-0.1, -0.05) is 0 Å². The van der Waals surface area contributed by atoms with Crippen LogP contribution < -0.4 is 0 Å². The number of fused-ring (bicyclic) bond motifs is 1. The molecule has 1 aliphatic carbocycles. The fourth-order valence-corrected chi connectivity index (χ4v) is 2.23. The molecule has 0 bridgehead atoms. The van der Waals surface area contributed by atoms with Crippen molar-refractivity contribution < 1.29 is 14.3 Å². The first kappa shape index (κ1) is 9.39. The Kier molecular flexibility index (Phi) is 1.80. The molecule has 16 heavy (non-hydrogen) atoms. The third-order valence-corrected chi connectivity index (χ3v) is 3.18. The number of rotatable bonds is 2. The topological polar surface area (TPSA) is 53.1 Å². The van der Waals surface area contributed by atoms with Gasteiger partial charge in [-0.25, -0.2) is 4.39 Å². The average molecular weight is 219 g/mol. The van der Waals surface area contributed by atoms with Gasteiger partial charge in [0.05, 0.1) is 5.92 Å². The molecule has 1 heterocycles. The van der Waals surface area contributed by atoms with Crippen LogP contribution in [0.15, 0.2) is 24.4 Å². The summed E-state index contributed by atoms with van der Waals surface area (Å²) in [6.07, 6.45) is 2.44. The number of carbonyl (C=O) groups is 1. The number of halogens is 1. The Hall–Kier alpha value is -1.84. The van der Waals surface area contributed by atoms with Crippen LogP contribution in [0.2, 0.25) is 0 Å². The molecule has 4 heteroatoms. The van der Waals surface area contributed by atoms with Crippen molar-refractivity contribution in [3.63, 3.8) is 0 Å². The van der Waals surface area contributed by atoms with Crippen LogP contribution in [-0.2, 0) is 4.79 Å². The number of aromatic nitrogens is 1. The van der Waals surface area contributed by atoms with E-state index in [0.29, 0.717) is 6.42 Å². The van der Waals surface area contributed by atoms with Crippen molar-refractivity contribution in [1.82, 2.24) is 4.98 Å². The molecule has 1 aromatic heterocycles. The summed E-state index contributed by atoms with van der Waals surface area (Å²) in [5.41, 5.74) is 1.77. The van der Waals surface area contributed by atoms with Gasteiger partial charge >= 0.3 is 5.97 Å². The molecule has 3 rings (SSSR count). The summed E-state index contributed by atoms with van der Waals surface area (Å²) in [5.74, 6) is -1.33. The fraction of sp³-hybridized carbons (Fsp3) is 0.250. The van der Waals surface area contributed by atoms with Crippen molar-refractivity contribution in [3.05, 3.63) is 35.8 Å². The third kappa shape index (κ3) is 1.30. The number of carboxylic acids is 1. The maximum Gasteiger partial charge on any atom is 0.307 e. The van der Waals surface area contributed by atoms with E-state index in [1.165, 1.54) is 12.1 Å². The summed E-state index contributed by atoms with van der Waals surface area (Å²) in [6.45, 7) is 0. The van der Waals surface area contributed by atoms with Gasteiger partial charge in [-0.05, 0) is 30.2 Å². The molecule has 2 N–H and O–H groups in total.